The molecule has 0 atom stereocenters. The van der Waals surface area contributed by atoms with Crippen molar-refractivity contribution in [2.75, 3.05) is 0 Å². The molecule has 48 heavy (non-hydrogen) atoms. The third kappa shape index (κ3) is 3.85. The van der Waals surface area contributed by atoms with Crippen molar-refractivity contribution in [3.05, 3.63) is 162 Å². The van der Waals surface area contributed by atoms with Crippen LogP contribution >= 0.6 is 0 Å². The second-order valence-corrected chi connectivity index (χ2v) is 13.9. The fourth-order valence-corrected chi connectivity index (χ4v) is 8.60. The molecule has 0 bridgehead atoms. The van der Waals surface area contributed by atoms with Gasteiger partial charge in [-0.25, -0.2) is 0 Å². The average Bonchev–Trinajstić information content (AvgIpc) is 3.37. The molecule has 0 N–H and O–H groups in total. The zero-order valence-electron chi connectivity index (χ0n) is 27.2. The van der Waals surface area contributed by atoms with Crippen LogP contribution in [-0.2, 0) is 5.41 Å². The van der Waals surface area contributed by atoms with Gasteiger partial charge in [-0.1, -0.05) is 153 Å². The molecule has 1 aliphatic heterocycles. The second kappa shape index (κ2) is 10.2. The van der Waals surface area contributed by atoms with Gasteiger partial charge in [0.25, 0.3) is 0 Å². The Morgan fingerprint density at radius 1 is 0.479 bits per heavy atom. The third-order valence-electron chi connectivity index (χ3n) is 10.9. The van der Waals surface area contributed by atoms with E-state index in [1.165, 1.54) is 60.5 Å². The highest BCUT2D eigenvalue weighted by atomic mass is 16.5. The number of benzene rings is 7. The van der Waals surface area contributed by atoms with Crippen LogP contribution in [0.2, 0.25) is 0 Å². The van der Waals surface area contributed by atoms with Crippen LogP contribution in [0.15, 0.2) is 151 Å². The molecule has 228 valence electrons. The fourth-order valence-electron chi connectivity index (χ4n) is 8.60. The maximum absolute atomic E-state index is 7.15. The Morgan fingerprint density at radius 3 is 2.00 bits per heavy atom. The van der Waals surface area contributed by atoms with Crippen LogP contribution in [0.25, 0.3) is 71.6 Å². The Kier molecular flexibility index (Phi) is 5.82. The summed E-state index contributed by atoms with van der Waals surface area (Å²) in [6.45, 7) is 4.75. The molecule has 7 aromatic rings. The zero-order chi connectivity index (χ0) is 32.0. The van der Waals surface area contributed by atoms with Crippen molar-refractivity contribution in [3.8, 4) is 56.0 Å². The van der Waals surface area contributed by atoms with Crippen molar-refractivity contribution in [3.63, 3.8) is 0 Å². The van der Waals surface area contributed by atoms with Gasteiger partial charge in [-0.15, -0.1) is 0 Å². The lowest BCUT2D eigenvalue weighted by Crippen LogP contribution is -2.15. The lowest BCUT2D eigenvalue weighted by Gasteiger charge is -2.27. The summed E-state index contributed by atoms with van der Waals surface area (Å²) in [5.74, 6) is 1.86. The highest BCUT2D eigenvalue weighted by molar-refractivity contribution is 6.22. The van der Waals surface area contributed by atoms with Crippen molar-refractivity contribution in [2.24, 2.45) is 0 Å². The van der Waals surface area contributed by atoms with E-state index in [9.17, 15) is 0 Å². The first-order valence-corrected chi connectivity index (χ1v) is 17.1. The molecule has 3 aliphatic rings. The number of hydrogen-bond acceptors (Lipinski definition) is 1. The van der Waals surface area contributed by atoms with Crippen LogP contribution in [0, 0.1) is 0 Å². The first kappa shape index (κ1) is 27.5. The molecule has 1 heterocycles. The van der Waals surface area contributed by atoms with Crippen LogP contribution in [0.1, 0.15) is 37.8 Å². The van der Waals surface area contributed by atoms with Gasteiger partial charge in [-0.2, -0.15) is 0 Å². The quantitative estimate of drug-likeness (QED) is 0.180. The topological polar surface area (TPSA) is 9.23 Å². The van der Waals surface area contributed by atoms with Gasteiger partial charge in [0.15, 0.2) is 0 Å². The van der Waals surface area contributed by atoms with E-state index in [1.54, 1.807) is 0 Å². The number of para-hydroxylation sites is 1. The van der Waals surface area contributed by atoms with Crippen LogP contribution in [0.3, 0.4) is 0 Å². The van der Waals surface area contributed by atoms with E-state index in [4.69, 9.17) is 4.74 Å². The molecule has 0 saturated carbocycles. The minimum Gasteiger partial charge on any atom is -0.455 e. The van der Waals surface area contributed by atoms with Crippen LogP contribution in [0.5, 0.6) is 11.5 Å². The number of fused-ring (bicyclic) bond motifs is 7. The van der Waals surface area contributed by atoms with Gasteiger partial charge in [0.2, 0.25) is 0 Å². The molecule has 0 amide bonds. The van der Waals surface area contributed by atoms with E-state index in [2.05, 4.69) is 159 Å². The predicted molar refractivity (Wildman–Crippen MR) is 202 cm³/mol. The normalized spacial score (nSPS) is 15.3. The van der Waals surface area contributed by atoms with Gasteiger partial charge in [-0.3, -0.25) is 0 Å². The summed E-state index contributed by atoms with van der Waals surface area (Å²) in [6.07, 6.45) is 7.17. The summed E-state index contributed by atoms with van der Waals surface area (Å²) in [7, 11) is 0. The van der Waals surface area contributed by atoms with E-state index in [0.29, 0.717) is 0 Å². The standard InChI is InChI=1S/C47H34O/c1-47(2)41-21-9-8-15-35(41)36-27-26-32(28-42(36)47)29-22-24-30(25-23-29)33-17-10-20-40-39-19-11-18-38-34-14-6-7-16-37(34)43(31-12-4-3-5-13-31)46(44(38)39)48-45(33)40/h3-7,10-28H,8-9H2,1-2H3. The molecule has 7 aromatic carbocycles. The minimum absolute atomic E-state index is 0.0288. The molecule has 0 saturated heterocycles. The molecule has 1 heteroatoms. The largest absolute Gasteiger partial charge is 0.455 e. The van der Waals surface area contributed by atoms with Crippen molar-refractivity contribution in [2.45, 2.75) is 32.1 Å². The summed E-state index contributed by atoms with van der Waals surface area (Å²) < 4.78 is 7.15. The van der Waals surface area contributed by atoms with E-state index in [0.717, 1.165) is 52.2 Å². The maximum Gasteiger partial charge on any atom is 0.144 e. The summed E-state index contributed by atoms with van der Waals surface area (Å²) in [6, 6.07) is 48.8. The van der Waals surface area contributed by atoms with Gasteiger partial charge >= 0.3 is 0 Å². The van der Waals surface area contributed by atoms with E-state index in [-0.39, 0.29) is 5.41 Å². The Balaban J connectivity index is 1.11. The Bertz CT molecular complexity index is 2530. The lowest BCUT2D eigenvalue weighted by molar-refractivity contribution is 0.491. The molecule has 0 fully saturated rings. The molecular weight excluding hydrogens is 581 g/mol. The highest BCUT2D eigenvalue weighted by Gasteiger charge is 2.38. The van der Waals surface area contributed by atoms with Crippen molar-refractivity contribution in [1.29, 1.82) is 0 Å². The van der Waals surface area contributed by atoms with Crippen LogP contribution in [0.4, 0.5) is 0 Å². The maximum atomic E-state index is 7.15. The summed E-state index contributed by atoms with van der Waals surface area (Å²) in [5, 5.41) is 4.86. The molecule has 0 radical (unpaired) electrons. The van der Waals surface area contributed by atoms with E-state index < -0.39 is 0 Å². The summed E-state index contributed by atoms with van der Waals surface area (Å²) >= 11 is 0. The molecular formula is C47H34O. The monoisotopic (exact) mass is 614 g/mol. The lowest BCUT2D eigenvalue weighted by atomic mass is 9.80. The molecule has 1 nitrogen and oxygen atoms in total. The Labute approximate surface area is 281 Å². The highest BCUT2D eigenvalue weighted by Crippen LogP contribution is 2.56. The number of ether oxygens (including phenoxy) is 1. The van der Waals surface area contributed by atoms with Crippen LogP contribution in [-0.4, -0.2) is 0 Å². The zero-order valence-corrected chi connectivity index (χ0v) is 27.2. The molecule has 0 aromatic heterocycles. The Morgan fingerprint density at radius 2 is 1.15 bits per heavy atom. The SMILES string of the molecule is CC1(C)C2=CCCC=C2c2ccc(-c3ccc(-c4cccc5c4Oc4c(-c6ccccc6)c6ccccc6c6cccc-5c46)cc3)cc21. The fraction of sp³-hybridized carbons (Fsp3) is 0.106. The molecule has 0 unspecified atom stereocenters. The summed E-state index contributed by atoms with van der Waals surface area (Å²) in [5.41, 5.74) is 15.2. The average molecular weight is 615 g/mol. The third-order valence-corrected chi connectivity index (χ3v) is 10.9. The first-order chi connectivity index (χ1) is 23.6. The summed E-state index contributed by atoms with van der Waals surface area (Å²) in [4.78, 5) is 0. The van der Waals surface area contributed by atoms with Gasteiger partial charge in [-0.05, 0) is 85.2 Å². The minimum atomic E-state index is 0.0288. The van der Waals surface area contributed by atoms with Gasteiger partial charge < -0.3 is 4.74 Å². The van der Waals surface area contributed by atoms with Gasteiger partial charge in [0.1, 0.15) is 11.5 Å². The van der Waals surface area contributed by atoms with Crippen LogP contribution < -0.4 is 4.74 Å². The molecule has 2 aliphatic carbocycles. The van der Waals surface area contributed by atoms with E-state index in [1.807, 2.05) is 0 Å². The number of hydrogen-bond donors (Lipinski definition) is 0. The van der Waals surface area contributed by atoms with Crippen molar-refractivity contribution in [1.82, 2.24) is 0 Å². The first-order valence-electron chi connectivity index (χ1n) is 17.1. The van der Waals surface area contributed by atoms with Gasteiger partial charge in [0, 0.05) is 27.5 Å². The predicted octanol–water partition coefficient (Wildman–Crippen LogP) is 13.2. The molecule has 10 rings (SSSR count). The van der Waals surface area contributed by atoms with Crippen molar-refractivity contribution < 1.29 is 4.74 Å². The van der Waals surface area contributed by atoms with E-state index >= 15 is 0 Å². The second-order valence-electron chi connectivity index (χ2n) is 13.9. The van der Waals surface area contributed by atoms with Gasteiger partial charge in [0.05, 0.1) is 0 Å². The van der Waals surface area contributed by atoms with Crippen molar-refractivity contribution >= 4 is 27.1 Å². The number of allylic oxidation sites excluding steroid dienone is 4. The molecule has 0 spiro atoms. The number of rotatable bonds is 3. The Hall–Kier alpha value is -5.66. The smallest absolute Gasteiger partial charge is 0.144 e.